The van der Waals surface area contributed by atoms with Crippen molar-refractivity contribution in [2.75, 3.05) is 26.0 Å². The fraction of sp³-hybridized carbons (Fsp3) is 0.455. The van der Waals surface area contributed by atoms with E-state index in [2.05, 4.69) is 4.72 Å². The number of sulfonamides is 1. The van der Waals surface area contributed by atoms with Crippen LogP contribution >= 0.6 is 0 Å². The molecule has 5 nitrogen and oxygen atoms in total. The molecule has 0 radical (unpaired) electrons. The summed E-state index contributed by atoms with van der Waals surface area (Å²) < 4.78 is 44.6. The number of nitrogens with one attached hydrogen (secondary N) is 1. The van der Waals surface area contributed by atoms with Gasteiger partial charge in [-0.25, -0.2) is 17.5 Å². The van der Waals surface area contributed by atoms with Crippen molar-refractivity contribution >= 4 is 15.7 Å². The van der Waals surface area contributed by atoms with E-state index in [0.29, 0.717) is 5.56 Å². The zero-order valence-corrected chi connectivity index (χ0v) is 11.4. The number of hydrogen-bond acceptors (Lipinski definition) is 4. The van der Waals surface area contributed by atoms with E-state index in [9.17, 15) is 12.8 Å². The molecular formula is C11H17FN2O3S. The topological polar surface area (TPSA) is 81.4 Å². The van der Waals surface area contributed by atoms with Gasteiger partial charge in [-0.05, 0) is 31.0 Å². The van der Waals surface area contributed by atoms with E-state index in [1.165, 1.54) is 21.0 Å². The number of anilines is 1. The molecule has 1 aromatic carbocycles. The second-order valence-corrected chi connectivity index (χ2v) is 5.64. The first-order chi connectivity index (χ1) is 8.31. The largest absolute Gasteiger partial charge is 0.396 e. The van der Waals surface area contributed by atoms with Gasteiger partial charge in [0.2, 0.25) is 10.0 Å². The quantitative estimate of drug-likeness (QED) is 0.619. The van der Waals surface area contributed by atoms with Crippen LogP contribution in [0.5, 0.6) is 0 Å². The number of halogens is 1. The van der Waals surface area contributed by atoms with E-state index in [4.69, 9.17) is 10.5 Å². The lowest BCUT2D eigenvalue weighted by molar-refractivity contribution is 0.204. The average Bonchev–Trinajstić information content (AvgIpc) is 2.25. The summed E-state index contributed by atoms with van der Waals surface area (Å²) in [5, 5.41) is 0. The maximum absolute atomic E-state index is 13.4. The van der Waals surface area contributed by atoms with Crippen molar-refractivity contribution in [2.45, 2.75) is 18.7 Å². The molecule has 0 heterocycles. The normalized spacial score (nSPS) is 11.8. The van der Waals surface area contributed by atoms with Crippen LogP contribution in [0.3, 0.4) is 0 Å². The number of benzene rings is 1. The summed E-state index contributed by atoms with van der Waals surface area (Å²) in [4.78, 5) is 0.0255. The van der Waals surface area contributed by atoms with Crippen LogP contribution in [-0.2, 0) is 14.8 Å². The standard InChI is InChI=1S/C11H17FN2O3S/c1-7-6-9(12)10(13)8(2)11(7)18(15,16)14-4-5-17-3/h6,14H,4-5,13H2,1-3H3. The second kappa shape index (κ2) is 5.64. The van der Waals surface area contributed by atoms with Crippen LogP contribution in [0.15, 0.2) is 11.0 Å². The van der Waals surface area contributed by atoms with Crippen molar-refractivity contribution in [1.82, 2.24) is 4.72 Å². The molecule has 0 aliphatic heterocycles. The molecule has 7 heteroatoms. The van der Waals surface area contributed by atoms with Crippen molar-refractivity contribution in [3.8, 4) is 0 Å². The van der Waals surface area contributed by atoms with Gasteiger partial charge < -0.3 is 10.5 Å². The van der Waals surface area contributed by atoms with Crippen LogP contribution in [0, 0.1) is 19.7 Å². The Morgan fingerprint density at radius 2 is 2.06 bits per heavy atom. The van der Waals surface area contributed by atoms with Crippen molar-refractivity contribution in [2.24, 2.45) is 0 Å². The van der Waals surface area contributed by atoms with Crippen molar-refractivity contribution in [1.29, 1.82) is 0 Å². The molecule has 0 aliphatic rings. The molecule has 0 spiro atoms. The Balaban J connectivity index is 3.21. The van der Waals surface area contributed by atoms with Gasteiger partial charge >= 0.3 is 0 Å². The molecule has 102 valence electrons. The van der Waals surface area contributed by atoms with Gasteiger partial charge in [-0.15, -0.1) is 0 Å². The van der Waals surface area contributed by atoms with E-state index in [0.717, 1.165) is 6.07 Å². The first-order valence-electron chi connectivity index (χ1n) is 5.35. The molecule has 0 saturated heterocycles. The predicted octanol–water partition coefficient (Wildman–Crippen LogP) is 0.949. The number of hydrogen-bond donors (Lipinski definition) is 2. The summed E-state index contributed by atoms with van der Waals surface area (Å²) in [6.45, 7) is 3.42. The SMILES string of the molecule is COCCNS(=O)(=O)c1c(C)cc(F)c(N)c1C. The molecule has 3 N–H and O–H groups in total. The maximum Gasteiger partial charge on any atom is 0.241 e. The highest BCUT2D eigenvalue weighted by Gasteiger charge is 2.22. The van der Waals surface area contributed by atoms with E-state index in [1.54, 1.807) is 0 Å². The summed E-state index contributed by atoms with van der Waals surface area (Å²) in [6, 6.07) is 1.12. The first-order valence-corrected chi connectivity index (χ1v) is 6.83. The highest BCUT2D eigenvalue weighted by Crippen LogP contribution is 2.27. The van der Waals surface area contributed by atoms with E-state index >= 15 is 0 Å². The minimum Gasteiger partial charge on any atom is -0.396 e. The summed E-state index contributed by atoms with van der Waals surface area (Å²) >= 11 is 0. The predicted molar refractivity (Wildman–Crippen MR) is 67.4 cm³/mol. The average molecular weight is 276 g/mol. The Hall–Kier alpha value is -1.18. The Labute approximate surface area is 106 Å². The molecule has 0 bridgehead atoms. The van der Waals surface area contributed by atoms with Crippen LogP contribution in [0.1, 0.15) is 11.1 Å². The maximum atomic E-state index is 13.4. The number of aryl methyl sites for hydroxylation is 1. The van der Waals surface area contributed by atoms with Gasteiger partial charge in [-0.1, -0.05) is 0 Å². The number of rotatable bonds is 5. The molecule has 0 amide bonds. The van der Waals surface area contributed by atoms with Crippen LogP contribution in [0.25, 0.3) is 0 Å². The summed E-state index contributed by atoms with van der Waals surface area (Å²) in [5.74, 6) is -0.610. The summed E-state index contributed by atoms with van der Waals surface area (Å²) in [5.41, 5.74) is 5.91. The fourth-order valence-corrected chi connectivity index (χ4v) is 3.19. The molecule has 1 rings (SSSR count). The Morgan fingerprint density at radius 3 is 2.61 bits per heavy atom. The van der Waals surface area contributed by atoms with Gasteiger partial charge in [0.05, 0.1) is 17.2 Å². The lowest BCUT2D eigenvalue weighted by Gasteiger charge is -2.14. The van der Waals surface area contributed by atoms with Crippen molar-refractivity contribution in [3.63, 3.8) is 0 Å². The second-order valence-electron chi connectivity index (χ2n) is 3.93. The van der Waals surface area contributed by atoms with E-state index in [1.807, 2.05) is 0 Å². The zero-order chi connectivity index (χ0) is 13.9. The monoisotopic (exact) mass is 276 g/mol. The fourth-order valence-electron chi connectivity index (χ4n) is 1.69. The third-order valence-electron chi connectivity index (χ3n) is 2.57. The Kier molecular flexibility index (Phi) is 4.66. The third kappa shape index (κ3) is 2.98. The van der Waals surface area contributed by atoms with E-state index < -0.39 is 15.8 Å². The van der Waals surface area contributed by atoms with Crippen LogP contribution in [0.2, 0.25) is 0 Å². The highest BCUT2D eigenvalue weighted by molar-refractivity contribution is 7.89. The number of nitrogen functional groups attached to an aromatic ring is 1. The summed E-state index contributed by atoms with van der Waals surface area (Å²) in [6.07, 6.45) is 0. The summed E-state index contributed by atoms with van der Waals surface area (Å²) in [7, 11) is -2.24. The minimum atomic E-state index is -3.71. The molecule has 0 unspecified atom stereocenters. The van der Waals surface area contributed by atoms with Crippen LogP contribution in [-0.4, -0.2) is 28.7 Å². The van der Waals surface area contributed by atoms with Crippen molar-refractivity contribution in [3.05, 3.63) is 23.0 Å². The number of ether oxygens (including phenoxy) is 1. The van der Waals surface area contributed by atoms with Crippen LogP contribution in [0.4, 0.5) is 10.1 Å². The van der Waals surface area contributed by atoms with Gasteiger partial charge in [0.1, 0.15) is 5.82 Å². The Morgan fingerprint density at radius 1 is 1.44 bits per heavy atom. The molecule has 1 aromatic rings. The molecule has 0 aliphatic carbocycles. The van der Waals surface area contributed by atoms with Gasteiger partial charge in [-0.2, -0.15) is 0 Å². The number of nitrogens with two attached hydrogens (primary N) is 1. The third-order valence-corrected chi connectivity index (χ3v) is 4.32. The van der Waals surface area contributed by atoms with Gasteiger partial charge in [0.25, 0.3) is 0 Å². The molecular weight excluding hydrogens is 259 g/mol. The van der Waals surface area contributed by atoms with Gasteiger partial charge in [0, 0.05) is 13.7 Å². The Bertz CT molecular complexity index is 544. The molecule has 18 heavy (non-hydrogen) atoms. The smallest absolute Gasteiger partial charge is 0.241 e. The lowest BCUT2D eigenvalue weighted by Crippen LogP contribution is -2.28. The van der Waals surface area contributed by atoms with Gasteiger partial charge in [-0.3, -0.25) is 0 Å². The van der Waals surface area contributed by atoms with Crippen molar-refractivity contribution < 1.29 is 17.5 Å². The number of methoxy groups -OCH3 is 1. The lowest BCUT2D eigenvalue weighted by atomic mass is 10.1. The first kappa shape index (κ1) is 14.9. The molecule has 0 fully saturated rings. The minimum absolute atomic E-state index is 0.0255. The zero-order valence-electron chi connectivity index (χ0n) is 10.6. The van der Waals surface area contributed by atoms with Gasteiger partial charge in [0.15, 0.2) is 0 Å². The highest BCUT2D eigenvalue weighted by atomic mass is 32.2. The molecule has 0 atom stereocenters. The molecule has 0 aromatic heterocycles. The van der Waals surface area contributed by atoms with E-state index in [-0.39, 0.29) is 29.3 Å². The molecule has 0 saturated carbocycles. The van der Waals surface area contributed by atoms with Crippen LogP contribution < -0.4 is 10.5 Å².